The van der Waals surface area contributed by atoms with Gasteiger partial charge in [-0.15, -0.1) is 0 Å². The Bertz CT molecular complexity index is 401. The van der Waals surface area contributed by atoms with E-state index in [0.29, 0.717) is 5.95 Å². The summed E-state index contributed by atoms with van der Waals surface area (Å²) in [5, 5.41) is 14.0. The molecule has 7 nitrogen and oxygen atoms in total. The Morgan fingerprint density at radius 3 is 2.45 bits per heavy atom. The largest absolute Gasteiger partial charge is 0.482 e. The number of nitrogens with zero attached hydrogens (tertiary/aromatic N) is 2. The van der Waals surface area contributed by atoms with Crippen molar-refractivity contribution >= 4 is 19.7 Å². The highest BCUT2D eigenvalue weighted by molar-refractivity contribution is 6.13. The molecule has 0 unspecified atom stereocenters. The number of H-pyrrole nitrogens is 1. The van der Waals surface area contributed by atoms with Gasteiger partial charge in [0, 0.05) is 18.4 Å². The first-order valence-electron chi connectivity index (χ1n) is 6.50. The third-order valence-corrected chi connectivity index (χ3v) is 2.74. The first kappa shape index (κ1) is 16.5. The van der Waals surface area contributed by atoms with Crippen LogP contribution in [0.4, 0.5) is 10.7 Å². The topological polar surface area (TPSA) is 98.7 Å². The van der Waals surface area contributed by atoms with E-state index in [2.05, 4.69) is 9.97 Å². The first-order chi connectivity index (χ1) is 9.39. The smallest absolute Gasteiger partial charge is 0.443 e. The second kappa shape index (κ2) is 7.30. The number of nitrogens with one attached hydrogen (secondary N) is 1. The first-order valence-corrected chi connectivity index (χ1v) is 6.50. The molecular formula is C12H21BN3O4. The summed E-state index contributed by atoms with van der Waals surface area (Å²) in [5.41, 5.74) is -0.480. The minimum absolute atomic E-state index is 0. The van der Waals surface area contributed by atoms with Crippen LogP contribution in [0.5, 0.6) is 0 Å². The predicted molar refractivity (Wildman–Crippen MR) is 75.1 cm³/mol. The molecule has 1 aliphatic rings. The van der Waals surface area contributed by atoms with Crippen molar-refractivity contribution in [2.45, 2.75) is 51.7 Å². The van der Waals surface area contributed by atoms with Crippen LogP contribution in [0.2, 0.25) is 0 Å². The zero-order valence-electron chi connectivity index (χ0n) is 12.0. The molecule has 0 spiro atoms. The summed E-state index contributed by atoms with van der Waals surface area (Å²) in [6.07, 6.45) is 6.22. The molecule has 1 aliphatic carbocycles. The van der Waals surface area contributed by atoms with Gasteiger partial charge in [0.05, 0.1) is 0 Å². The Morgan fingerprint density at radius 1 is 1.50 bits per heavy atom. The Labute approximate surface area is 119 Å². The van der Waals surface area contributed by atoms with Crippen molar-refractivity contribution < 1.29 is 19.6 Å². The molecular weight excluding hydrogens is 261 g/mol. The van der Waals surface area contributed by atoms with Crippen LogP contribution in [-0.2, 0) is 4.74 Å². The molecule has 1 aromatic heterocycles. The van der Waals surface area contributed by atoms with E-state index in [1.54, 1.807) is 17.3 Å². The van der Waals surface area contributed by atoms with Crippen LogP contribution in [0.15, 0.2) is 12.4 Å². The van der Waals surface area contributed by atoms with Crippen molar-refractivity contribution in [2.24, 2.45) is 0 Å². The number of imidazole rings is 1. The summed E-state index contributed by atoms with van der Waals surface area (Å²) in [7, 11) is 0. The quantitative estimate of drug-likeness (QED) is 0.708. The summed E-state index contributed by atoms with van der Waals surface area (Å²) in [4.78, 5) is 20.9. The third-order valence-electron chi connectivity index (χ3n) is 2.74. The number of hydrogen-bond donors (Lipinski definition) is 3. The Kier molecular flexibility index (Phi) is 6.03. The van der Waals surface area contributed by atoms with Crippen molar-refractivity contribution in [2.75, 3.05) is 4.90 Å². The number of hydrogen-bond acceptors (Lipinski definition) is 5. The van der Waals surface area contributed by atoms with E-state index in [0.717, 1.165) is 19.3 Å². The number of rotatable bonds is 2. The maximum absolute atomic E-state index is 12.1. The molecule has 1 aromatic rings. The normalized spacial score (nSPS) is 14.7. The zero-order chi connectivity index (χ0) is 15.2. The Morgan fingerprint density at radius 2 is 2.10 bits per heavy atom. The van der Waals surface area contributed by atoms with Gasteiger partial charge in [0.15, 0.2) is 0 Å². The average molecular weight is 282 g/mol. The minimum atomic E-state index is -0.480. The van der Waals surface area contributed by atoms with Gasteiger partial charge in [-0.2, -0.15) is 0 Å². The average Bonchev–Trinajstić information content (AvgIpc) is 2.74. The molecule has 0 atom stereocenters. The third kappa shape index (κ3) is 4.86. The van der Waals surface area contributed by atoms with E-state index in [1.807, 2.05) is 20.8 Å². The van der Waals surface area contributed by atoms with E-state index in [9.17, 15) is 4.79 Å². The van der Waals surface area contributed by atoms with Crippen molar-refractivity contribution in [3.63, 3.8) is 0 Å². The van der Waals surface area contributed by atoms with Gasteiger partial charge in [-0.3, -0.25) is 0 Å². The lowest BCUT2D eigenvalue weighted by molar-refractivity contribution is 0.0546. The molecule has 1 saturated carbocycles. The molecule has 0 bridgehead atoms. The minimum Gasteiger partial charge on any atom is -0.443 e. The van der Waals surface area contributed by atoms with E-state index < -0.39 is 5.60 Å². The fourth-order valence-corrected chi connectivity index (χ4v) is 1.75. The van der Waals surface area contributed by atoms with Gasteiger partial charge >= 0.3 is 13.8 Å². The number of anilines is 1. The van der Waals surface area contributed by atoms with Crippen molar-refractivity contribution in [3.05, 3.63) is 12.4 Å². The SMILES string of the molecule is CC(C)(C)OC(=O)N(c1ncc[nH]1)C1CCC1.O[B]O. The molecule has 111 valence electrons. The number of aromatic amines is 1. The van der Waals surface area contributed by atoms with Gasteiger partial charge in [0.1, 0.15) is 5.60 Å². The molecule has 3 N–H and O–H groups in total. The highest BCUT2D eigenvalue weighted by Gasteiger charge is 2.34. The van der Waals surface area contributed by atoms with Crippen LogP contribution in [0.25, 0.3) is 0 Å². The molecule has 1 amide bonds. The van der Waals surface area contributed by atoms with Crippen molar-refractivity contribution in [1.82, 2.24) is 9.97 Å². The summed E-state index contributed by atoms with van der Waals surface area (Å²) in [6, 6.07) is 0.219. The molecule has 0 aliphatic heterocycles. The molecule has 1 fully saturated rings. The van der Waals surface area contributed by atoms with E-state index in [-0.39, 0.29) is 19.8 Å². The van der Waals surface area contributed by atoms with E-state index in [1.165, 1.54) is 0 Å². The van der Waals surface area contributed by atoms with Gasteiger partial charge in [-0.1, -0.05) is 0 Å². The second-order valence-corrected chi connectivity index (χ2v) is 5.46. The molecule has 0 saturated heterocycles. The molecule has 0 aromatic carbocycles. The second-order valence-electron chi connectivity index (χ2n) is 5.46. The van der Waals surface area contributed by atoms with Crippen LogP contribution in [0.3, 0.4) is 0 Å². The zero-order valence-corrected chi connectivity index (χ0v) is 12.0. The monoisotopic (exact) mass is 282 g/mol. The molecule has 1 heterocycles. The van der Waals surface area contributed by atoms with Crippen LogP contribution in [-0.4, -0.2) is 45.4 Å². The van der Waals surface area contributed by atoms with Crippen LogP contribution in [0.1, 0.15) is 40.0 Å². The Hall–Kier alpha value is -1.54. The maximum Gasteiger partial charge on any atom is 0.482 e. The summed E-state index contributed by atoms with van der Waals surface area (Å²) < 4.78 is 5.41. The number of amides is 1. The van der Waals surface area contributed by atoms with Crippen molar-refractivity contribution in [1.29, 1.82) is 0 Å². The summed E-state index contributed by atoms with van der Waals surface area (Å²) in [5.74, 6) is 0.573. The molecule has 1 radical (unpaired) electrons. The Balaban J connectivity index is 0.000000612. The van der Waals surface area contributed by atoms with Gasteiger partial charge in [-0.05, 0) is 40.0 Å². The molecule has 8 heteroatoms. The number of aromatic nitrogens is 2. The lowest BCUT2D eigenvalue weighted by Gasteiger charge is -2.36. The van der Waals surface area contributed by atoms with Crippen molar-refractivity contribution in [3.8, 4) is 0 Å². The fourth-order valence-electron chi connectivity index (χ4n) is 1.75. The summed E-state index contributed by atoms with van der Waals surface area (Å²) in [6.45, 7) is 5.60. The summed E-state index contributed by atoms with van der Waals surface area (Å²) >= 11 is 0. The van der Waals surface area contributed by atoms with Crippen LogP contribution < -0.4 is 4.90 Å². The van der Waals surface area contributed by atoms with Gasteiger partial charge < -0.3 is 19.8 Å². The molecule has 2 rings (SSSR count). The van der Waals surface area contributed by atoms with E-state index in [4.69, 9.17) is 14.8 Å². The number of ether oxygens (including phenoxy) is 1. The highest BCUT2D eigenvalue weighted by Crippen LogP contribution is 2.29. The lowest BCUT2D eigenvalue weighted by Crippen LogP contribution is -2.47. The van der Waals surface area contributed by atoms with Crippen LogP contribution in [0, 0.1) is 0 Å². The standard InChI is InChI=1S/C12H19N3O2.BH2O2/c1-12(2,3)17-11(16)15(9-5-4-6-9)10-13-7-8-14-10;2-1-3/h7-9H,4-6H2,1-3H3,(H,13,14);2-3H. The fraction of sp³-hybridized carbons (Fsp3) is 0.667. The molecule has 20 heavy (non-hydrogen) atoms. The number of carbonyl (C=O) groups excluding carboxylic acids is 1. The predicted octanol–water partition coefficient (Wildman–Crippen LogP) is 1.21. The van der Waals surface area contributed by atoms with Crippen LogP contribution >= 0.6 is 0 Å². The van der Waals surface area contributed by atoms with Gasteiger partial charge in [-0.25, -0.2) is 14.7 Å². The lowest BCUT2D eigenvalue weighted by atomic mass is 9.92. The maximum atomic E-state index is 12.1. The highest BCUT2D eigenvalue weighted by atomic mass is 16.6. The van der Waals surface area contributed by atoms with Gasteiger partial charge in [0.25, 0.3) is 0 Å². The van der Waals surface area contributed by atoms with Gasteiger partial charge in [0.2, 0.25) is 5.95 Å². The van der Waals surface area contributed by atoms with E-state index >= 15 is 0 Å². The number of carbonyl (C=O) groups is 1.